The molecule has 0 atom stereocenters. The molecule has 2 nitrogen and oxygen atoms in total. The molecule has 100 valence electrons. The Hall–Kier alpha value is -1.74. The van der Waals surface area contributed by atoms with E-state index in [-0.39, 0.29) is 12.4 Å². The van der Waals surface area contributed by atoms with Crippen LogP contribution >= 0.6 is 11.6 Å². The van der Waals surface area contributed by atoms with E-state index in [1.165, 1.54) is 18.2 Å². The molecule has 0 saturated carbocycles. The van der Waals surface area contributed by atoms with E-state index in [9.17, 15) is 4.39 Å². The molecular weight excluding hydrogens is 265 g/mol. The number of ether oxygens (including phenoxy) is 1. The van der Waals surface area contributed by atoms with Crippen LogP contribution < -0.4 is 10.5 Å². The second kappa shape index (κ2) is 5.49. The van der Waals surface area contributed by atoms with Gasteiger partial charge in [0.15, 0.2) is 0 Å². The summed E-state index contributed by atoms with van der Waals surface area (Å²) in [4.78, 5) is 0. The van der Waals surface area contributed by atoms with E-state index in [0.29, 0.717) is 16.3 Å². The van der Waals surface area contributed by atoms with Gasteiger partial charge in [-0.1, -0.05) is 11.6 Å². The van der Waals surface area contributed by atoms with Gasteiger partial charge in [0.1, 0.15) is 18.2 Å². The summed E-state index contributed by atoms with van der Waals surface area (Å²) >= 11 is 5.96. The van der Waals surface area contributed by atoms with Crippen molar-refractivity contribution in [1.82, 2.24) is 0 Å². The molecule has 0 unspecified atom stereocenters. The van der Waals surface area contributed by atoms with Gasteiger partial charge in [0.2, 0.25) is 0 Å². The van der Waals surface area contributed by atoms with Gasteiger partial charge >= 0.3 is 0 Å². The van der Waals surface area contributed by atoms with Crippen molar-refractivity contribution in [3.05, 3.63) is 57.9 Å². The predicted molar refractivity (Wildman–Crippen MR) is 76.1 cm³/mol. The molecule has 4 heteroatoms. The molecular formula is C15H15ClFNO. The zero-order valence-electron chi connectivity index (χ0n) is 10.8. The van der Waals surface area contributed by atoms with Gasteiger partial charge in [-0.15, -0.1) is 0 Å². The van der Waals surface area contributed by atoms with Crippen LogP contribution in [0.4, 0.5) is 10.1 Å². The first-order chi connectivity index (χ1) is 8.97. The van der Waals surface area contributed by atoms with E-state index >= 15 is 0 Å². The number of halogens is 2. The molecule has 0 fully saturated rings. The number of nitrogen functional groups attached to an aromatic ring is 1. The molecule has 2 aromatic carbocycles. The number of rotatable bonds is 3. The van der Waals surface area contributed by atoms with Crippen LogP contribution in [0.25, 0.3) is 0 Å². The molecule has 0 bridgehead atoms. The zero-order chi connectivity index (χ0) is 14.0. The van der Waals surface area contributed by atoms with E-state index in [1.807, 2.05) is 26.0 Å². The van der Waals surface area contributed by atoms with Gasteiger partial charge in [0.25, 0.3) is 0 Å². The van der Waals surface area contributed by atoms with E-state index in [4.69, 9.17) is 22.1 Å². The summed E-state index contributed by atoms with van der Waals surface area (Å²) in [6.45, 7) is 4.07. The highest BCUT2D eigenvalue weighted by molar-refractivity contribution is 6.30. The van der Waals surface area contributed by atoms with E-state index < -0.39 is 0 Å². The molecule has 0 heterocycles. The Balaban J connectivity index is 2.21. The quantitative estimate of drug-likeness (QED) is 0.852. The molecule has 2 aromatic rings. The largest absolute Gasteiger partial charge is 0.488 e. The Morgan fingerprint density at radius 3 is 2.42 bits per heavy atom. The lowest BCUT2D eigenvalue weighted by Gasteiger charge is -2.13. The lowest BCUT2D eigenvalue weighted by atomic mass is 10.1. The van der Waals surface area contributed by atoms with Gasteiger partial charge in [-0.25, -0.2) is 4.39 Å². The minimum atomic E-state index is -0.322. The zero-order valence-corrected chi connectivity index (χ0v) is 11.6. The Bertz CT molecular complexity index is 590. The van der Waals surface area contributed by atoms with Crippen LogP contribution in [0.3, 0.4) is 0 Å². The van der Waals surface area contributed by atoms with Gasteiger partial charge < -0.3 is 10.5 Å². The van der Waals surface area contributed by atoms with Crippen molar-refractivity contribution in [1.29, 1.82) is 0 Å². The maximum Gasteiger partial charge on any atom is 0.125 e. The Morgan fingerprint density at radius 2 is 1.79 bits per heavy atom. The molecule has 0 radical (unpaired) electrons. The number of aryl methyl sites for hydroxylation is 2. The first kappa shape index (κ1) is 13.7. The summed E-state index contributed by atoms with van der Waals surface area (Å²) in [7, 11) is 0. The molecule has 0 amide bonds. The molecule has 2 rings (SSSR count). The summed E-state index contributed by atoms with van der Waals surface area (Å²) in [5.41, 5.74) is 8.83. The van der Waals surface area contributed by atoms with E-state index in [1.54, 1.807) is 0 Å². The van der Waals surface area contributed by atoms with Crippen LogP contribution in [-0.2, 0) is 6.61 Å². The fraction of sp³-hybridized carbons (Fsp3) is 0.200. The Labute approximate surface area is 117 Å². The number of benzene rings is 2. The van der Waals surface area contributed by atoms with E-state index in [0.717, 1.165) is 16.9 Å². The summed E-state index contributed by atoms with van der Waals surface area (Å²) in [5.74, 6) is 0.436. The van der Waals surface area contributed by atoms with Crippen LogP contribution in [0.15, 0.2) is 30.3 Å². The molecule has 0 aliphatic heterocycles. The molecule has 0 aliphatic carbocycles. The van der Waals surface area contributed by atoms with Crippen LogP contribution in [0.2, 0.25) is 5.02 Å². The molecule has 0 spiro atoms. The van der Waals surface area contributed by atoms with Gasteiger partial charge in [-0.2, -0.15) is 0 Å². The third kappa shape index (κ3) is 3.18. The molecule has 0 aliphatic rings. The minimum absolute atomic E-state index is 0.229. The average Bonchev–Trinajstić information content (AvgIpc) is 2.32. The molecule has 0 aromatic heterocycles. The van der Waals surface area contributed by atoms with Gasteiger partial charge in [-0.05, 0) is 55.3 Å². The van der Waals surface area contributed by atoms with Crippen molar-refractivity contribution in [2.24, 2.45) is 0 Å². The third-order valence-corrected chi connectivity index (χ3v) is 3.12. The first-order valence-corrected chi connectivity index (χ1v) is 6.28. The summed E-state index contributed by atoms with van der Waals surface area (Å²) in [6, 6.07) is 7.92. The smallest absolute Gasteiger partial charge is 0.125 e. The lowest BCUT2D eigenvalue weighted by molar-refractivity contribution is 0.302. The maximum atomic E-state index is 13.2. The van der Waals surface area contributed by atoms with Crippen molar-refractivity contribution in [3.8, 4) is 5.75 Å². The lowest BCUT2D eigenvalue weighted by Crippen LogP contribution is -2.03. The van der Waals surface area contributed by atoms with Crippen LogP contribution in [0, 0.1) is 19.7 Å². The predicted octanol–water partition coefficient (Wildman–Crippen LogP) is 4.26. The number of hydrogen-bond acceptors (Lipinski definition) is 2. The Morgan fingerprint density at radius 1 is 1.16 bits per heavy atom. The van der Waals surface area contributed by atoms with Crippen molar-refractivity contribution in [2.75, 3.05) is 5.73 Å². The van der Waals surface area contributed by atoms with Crippen molar-refractivity contribution in [3.63, 3.8) is 0 Å². The maximum absolute atomic E-state index is 13.2. The Kier molecular flexibility index (Phi) is 3.96. The topological polar surface area (TPSA) is 35.2 Å². The highest BCUT2D eigenvalue weighted by atomic mass is 35.5. The second-order valence-corrected chi connectivity index (χ2v) is 4.94. The molecule has 2 N–H and O–H groups in total. The van der Waals surface area contributed by atoms with Gasteiger partial charge in [0.05, 0.1) is 0 Å². The molecule has 0 saturated heterocycles. The fourth-order valence-electron chi connectivity index (χ4n) is 1.97. The minimum Gasteiger partial charge on any atom is -0.488 e. The second-order valence-electron chi connectivity index (χ2n) is 4.50. The van der Waals surface area contributed by atoms with Crippen LogP contribution in [0.1, 0.15) is 16.7 Å². The first-order valence-electron chi connectivity index (χ1n) is 5.91. The number of hydrogen-bond donors (Lipinski definition) is 1. The highest BCUT2D eigenvalue weighted by Crippen LogP contribution is 2.28. The average molecular weight is 280 g/mol. The van der Waals surface area contributed by atoms with Crippen LogP contribution in [0.5, 0.6) is 5.75 Å². The standard InChI is InChI=1S/C15H15ClFNO/c1-9-5-12(16)6-10(2)15(9)19-8-11-7-13(17)3-4-14(11)18/h3-7H,8,18H2,1-2H3. The summed E-state index contributed by atoms with van der Waals surface area (Å²) < 4.78 is 18.9. The number of nitrogens with two attached hydrogens (primary N) is 1. The number of anilines is 1. The van der Waals surface area contributed by atoms with Crippen LogP contribution in [-0.4, -0.2) is 0 Å². The van der Waals surface area contributed by atoms with Crippen molar-refractivity contribution in [2.45, 2.75) is 20.5 Å². The van der Waals surface area contributed by atoms with Gasteiger partial charge in [0, 0.05) is 16.3 Å². The summed E-state index contributed by atoms with van der Waals surface area (Å²) in [5, 5.41) is 0.674. The van der Waals surface area contributed by atoms with Gasteiger partial charge in [-0.3, -0.25) is 0 Å². The fourth-order valence-corrected chi connectivity index (χ4v) is 2.30. The SMILES string of the molecule is Cc1cc(Cl)cc(C)c1OCc1cc(F)ccc1N. The monoisotopic (exact) mass is 279 g/mol. The molecule has 19 heavy (non-hydrogen) atoms. The van der Waals surface area contributed by atoms with Crippen molar-refractivity contribution < 1.29 is 9.13 Å². The normalized spacial score (nSPS) is 10.5. The third-order valence-electron chi connectivity index (χ3n) is 2.90. The van der Waals surface area contributed by atoms with E-state index in [2.05, 4.69) is 0 Å². The summed E-state index contributed by atoms with van der Waals surface area (Å²) in [6.07, 6.45) is 0. The van der Waals surface area contributed by atoms with Crippen molar-refractivity contribution >= 4 is 17.3 Å². The highest BCUT2D eigenvalue weighted by Gasteiger charge is 2.08.